The van der Waals surface area contributed by atoms with Gasteiger partial charge in [-0.15, -0.1) is 0 Å². The van der Waals surface area contributed by atoms with Crippen LogP contribution in [0, 0.1) is 5.92 Å². The van der Waals surface area contributed by atoms with Crippen LogP contribution in [-0.2, 0) is 14.6 Å². The van der Waals surface area contributed by atoms with Crippen molar-refractivity contribution in [2.45, 2.75) is 37.0 Å². The van der Waals surface area contributed by atoms with Gasteiger partial charge >= 0.3 is 5.97 Å². The second kappa shape index (κ2) is 6.39. The highest BCUT2D eigenvalue weighted by Crippen LogP contribution is 2.24. The van der Waals surface area contributed by atoms with Gasteiger partial charge in [-0.1, -0.05) is 31.4 Å². The van der Waals surface area contributed by atoms with E-state index >= 15 is 0 Å². The zero-order chi connectivity index (χ0) is 14.6. The van der Waals surface area contributed by atoms with E-state index in [-0.39, 0.29) is 10.5 Å². The molecule has 1 aliphatic carbocycles. The zero-order valence-electron chi connectivity index (χ0n) is 11.7. The SMILES string of the molecule is CS(=O)(=O)c1ccccc1C(=O)OCC1CCCCC1. The number of benzene rings is 1. The van der Waals surface area contributed by atoms with Gasteiger partial charge in [0.2, 0.25) is 0 Å². The van der Waals surface area contributed by atoms with E-state index in [2.05, 4.69) is 0 Å². The number of esters is 1. The molecule has 0 aliphatic heterocycles. The Bertz CT molecular complexity index is 571. The summed E-state index contributed by atoms with van der Waals surface area (Å²) in [5.41, 5.74) is 0.130. The molecule has 110 valence electrons. The first kappa shape index (κ1) is 15.0. The first-order chi connectivity index (χ1) is 9.48. The quantitative estimate of drug-likeness (QED) is 0.802. The topological polar surface area (TPSA) is 60.4 Å². The summed E-state index contributed by atoms with van der Waals surface area (Å²) in [5, 5.41) is 0. The average Bonchev–Trinajstić information content (AvgIpc) is 2.45. The monoisotopic (exact) mass is 296 g/mol. The van der Waals surface area contributed by atoms with Gasteiger partial charge in [0.1, 0.15) is 0 Å². The van der Waals surface area contributed by atoms with Gasteiger partial charge < -0.3 is 4.74 Å². The number of hydrogen-bond donors (Lipinski definition) is 0. The van der Waals surface area contributed by atoms with Crippen molar-refractivity contribution in [1.82, 2.24) is 0 Å². The van der Waals surface area contributed by atoms with E-state index in [0.29, 0.717) is 12.5 Å². The van der Waals surface area contributed by atoms with Crippen LogP contribution < -0.4 is 0 Å². The molecule has 1 fully saturated rings. The van der Waals surface area contributed by atoms with Crippen molar-refractivity contribution >= 4 is 15.8 Å². The minimum absolute atomic E-state index is 0.0358. The fourth-order valence-electron chi connectivity index (χ4n) is 2.58. The molecule has 0 amide bonds. The van der Waals surface area contributed by atoms with Crippen LogP contribution >= 0.6 is 0 Å². The molecule has 2 rings (SSSR count). The third-order valence-electron chi connectivity index (χ3n) is 3.68. The lowest BCUT2D eigenvalue weighted by molar-refractivity contribution is 0.0406. The molecule has 0 radical (unpaired) electrons. The van der Waals surface area contributed by atoms with Crippen molar-refractivity contribution in [2.75, 3.05) is 12.9 Å². The zero-order valence-corrected chi connectivity index (χ0v) is 12.5. The molecule has 0 aromatic heterocycles. The van der Waals surface area contributed by atoms with E-state index in [1.54, 1.807) is 12.1 Å². The van der Waals surface area contributed by atoms with Gasteiger partial charge in [0, 0.05) is 6.26 Å². The maximum atomic E-state index is 12.1. The van der Waals surface area contributed by atoms with Gasteiger partial charge in [0.05, 0.1) is 17.1 Å². The van der Waals surface area contributed by atoms with E-state index in [4.69, 9.17) is 4.74 Å². The van der Waals surface area contributed by atoms with Crippen LogP contribution in [0.5, 0.6) is 0 Å². The highest BCUT2D eigenvalue weighted by molar-refractivity contribution is 7.90. The predicted molar refractivity (Wildman–Crippen MR) is 76.4 cm³/mol. The summed E-state index contributed by atoms with van der Waals surface area (Å²) in [6, 6.07) is 6.19. The Morgan fingerprint density at radius 3 is 2.50 bits per heavy atom. The summed E-state index contributed by atoms with van der Waals surface area (Å²) in [6.45, 7) is 0.386. The summed E-state index contributed by atoms with van der Waals surface area (Å²) in [7, 11) is -3.42. The number of rotatable bonds is 4. The van der Waals surface area contributed by atoms with Crippen molar-refractivity contribution in [2.24, 2.45) is 5.92 Å². The third kappa shape index (κ3) is 3.82. The molecule has 5 heteroatoms. The van der Waals surface area contributed by atoms with Crippen LogP contribution in [0.3, 0.4) is 0 Å². The van der Waals surface area contributed by atoms with Crippen LogP contribution in [0.15, 0.2) is 29.2 Å². The van der Waals surface area contributed by atoms with Crippen molar-refractivity contribution in [1.29, 1.82) is 0 Å². The number of ether oxygens (including phenoxy) is 1. The number of carbonyl (C=O) groups excluding carboxylic acids is 1. The molecule has 4 nitrogen and oxygen atoms in total. The first-order valence-electron chi connectivity index (χ1n) is 6.94. The molecule has 0 N–H and O–H groups in total. The predicted octanol–water partition coefficient (Wildman–Crippen LogP) is 2.83. The molecular weight excluding hydrogens is 276 g/mol. The number of carbonyl (C=O) groups is 1. The van der Waals surface area contributed by atoms with E-state index < -0.39 is 15.8 Å². The second-order valence-corrected chi connectivity index (χ2v) is 7.35. The summed E-state index contributed by atoms with van der Waals surface area (Å²) in [5.74, 6) is -0.130. The lowest BCUT2D eigenvalue weighted by Gasteiger charge is -2.21. The Labute approximate surface area is 120 Å². The van der Waals surface area contributed by atoms with Crippen LogP contribution in [0.4, 0.5) is 0 Å². The molecule has 1 aromatic rings. The summed E-state index contributed by atoms with van der Waals surface area (Å²) < 4.78 is 28.6. The van der Waals surface area contributed by atoms with Crippen LogP contribution in [0.2, 0.25) is 0 Å². The molecule has 1 aliphatic rings. The van der Waals surface area contributed by atoms with E-state index in [0.717, 1.165) is 19.1 Å². The molecule has 1 saturated carbocycles. The van der Waals surface area contributed by atoms with Gasteiger partial charge in [-0.2, -0.15) is 0 Å². The maximum Gasteiger partial charge on any atom is 0.339 e. The Hall–Kier alpha value is -1.36. The average molecular weight is 296 g/mol. The minimum Gasteiger partial charge on any atom is -0.462 e. The van der Waals surface area contributed by atoms with E-state index in [1.165, 1.54) is 31.4 Å². The standard InChI is InChI=1S/C15H20O4S/c1-20(17,18)14-10-6-5-9-13(14)15(16)19-11-12-7-3-2-4-8-12/h5-6,9-10,12H,2-4,7-8,11H2,1H3. The number of sulfone groups is 1. The fourth-order valence-corrected chi connectivity index (χ4v) is 3.46. The second-order valence-electron chi connectivity index (χ2n) is 5.37. The largest absolute Gasteiger partial charge is 0.462 e. The van der Waals surface area contributed by atoms with Gasteiger partial charge in [0.25, 0.3) is 0 Å². The first-order valence-corrected chi connectivity index (χ1v) is 8.84. The molecule has 0 unspecified atom stereocenters. The fraction of sp³-hybridized carbons (Fsp3) is 0.533. The normalized spacial score (nSPS) is 16.9. The third-order valence-corrected chi connectivity index (χ3v) is 4.84. The lowest BCUT2D eigenvalue weighted by atomic mass is 9.90. The summed E-state index contributed by atoms with van der Waals surface area (Å²) in [4.78, 5) is 12.1. The summed E-state index contributed by atoms with van der Waals surface area (Å²) >= 11 is 0. The molecule has 0 atom stereocenters. The highest BCUT2D eigenvalue weighted by Gasteiger charge is 2.21. The Morgan fingerprint density at radius 2 is 1.85 bits per heavy atom. The van der Waals surface area contributed by atoms with Crippen LogP contribution in [-0.4, -0.2) is 27.2 Å². The van der Waals surface area contributed by atoms with Gasteiger partial charge in [-0.25, -0.2) is 13.2 Å². The smallest absolute Gasteiger partial charge is 0.339 e. The molecule has 0 bridgehead atoms. The number of hydrogen-bond acceptors (Lipinski definition) is 4. The minimum atomic E-state index is -3.42. The lowest BCUT2D eigenvalue weighted by Crippen LogP contribution is -2.18. The van der Waals surface area contributed by atoms with Crippen molar-refractivity contribution in [3.8, 4) is 0 Å². The van der Waals surface area contributed by atoms with E-state index in [9.17, 15) is 13.2 Å². The van der Waals surface area contributed by atoms with Crippen molar-refractivity contribution < 1.29 is 17.9 Å². The van der Waals surface area contributed by atoms with Crippen molar-refractivity contribution in [3.63, 3.8) is 0 Å². The Kier molecular flexibility index (Phi) is 4.81. The molecule has 0 heterocycles. The van der Waals surface area contributed by atoms with Crippen LogP contribution in [0.1, 0.15) is 42.5 Å². The maximum absolute atomic E-state index is 12.1. The van der Waals surface area contributed by atoms with E-state index in [1.807, 2.05) is 0 Å². The summed E-state index contributed by atoms with van der Waals surface area (Å²) in [6.07, 6.45) is 6.88. The highest BCUT2D eigenvalue weighted by atomic mass is 32.2. The molecule has 0 spiro atoms. The Morgan fingerprint density at radius 1 is 1.20 bits per heavy atom. The molecule has 0 saturated heterocycles. The molecule has 1 aromatic carbocycles. The van der Waals surface area contributed by atoms with Gasteiger partial charge in [-0.05, 0) is 30.9 Å². The van der Waals surface area contributed by atoms with Crippen LogP contribution in [0.25, 0.3) is 0 Å². The molecular formula is C15H20O4S. The van der Waals surface area contributed by atoms with Crippen molar-refractivity contribution in [3.05, 3.63) is 29.8 Å². The Balaban J connectivity index is 2.06. The van der Waals surface area contributed by atoms with Gasteiger partial charge in [0.15, 0.2) is 9.84 Å². The van der Waals surface area contributed by atoms with Gasteiger partial charge in [-0.3, -0.25) is 0 Å². The molecule has 20 heavy (non-hydrogen) atoms.